The summed E-state index contributed by atoms with van der Waals surface area (Å²) in [5.41, 5.74) is 8.15. The summed E-state index contributed by atoms with van der Waals surface area (Å²) in [5, 5.41) is 0. The average molecular weight is 582 g/mol. The molecule has 0 saturated carbocycles. The Kier molecular flexibility index (Phi) is 5.78. The van der Waals surface area contributed by atoms with Gasteiger partial charge in [0.25, 0.3) is 0 Å². The van der Waals surface area contributed by atoms with Crippen LogP contribution in [0.3, 0.4) is 0 Å². The zero-order valence-corrected chi connectivity index (χ0v) is 24.7. The molecule has 1 spiro atoms. The number of aromatic nitrogens is 3. The molecule has 0 N–H and O–H groups in total. The second-order valence-electron chi connectivity index (χ2n) is 11.5. The molecule has 2 heterocycles. The normalized spacial score (nSPS) is 20.5. The van der Waals surface area contributed by atoms with Crippen molar-refractivity contribution in [1.82, 2.24) is 15.0 Å². The summed E-state index contributed by atoms with van der Waals surface area (Å²) >= 11 is 1.84. The fourth-order valence-electron chi connectivity index (χ4n) is 7.49. The van der Waals surface area contributed by atoms with Crippen LogP contribution in [-0.2, 0) is 5.41 Å². The van der Waals surface area contributed by atoms with Gasteiger partial charge < -0.3 is 0 Å². The van der Waals surface area contributed by atoms with Gasteiger partial charge >= 0.3 is 0 Å². The molecule has 6 aromatic rings. The number of hydrogen-bond acceptors (Lipinski definition) is 4. The van der Waals surface area contributed by atoms with E-state index in [2.05, 4.69) is 115 Å². The number of fused-ring (bicyclic) bond motifs is 9. The summed E-state index contributed by atoms with van der Waals surface area (Å²) in [6.45, 7) is 0. The minimum atomic E-state index is -0.326. The van der Waals surface area contributed by atoms with Gasteiger partial charge in [0, 0.05) is 38.3 Å². The Morgan fingerprint density at radius 1 is 0.500 bits per heavy atom. The van der Waals surface area contributed by atoms with E-state index in [1.54, 1.807) is 0 Å². The van der Waals surface area contributed by atoms with Crippen molar-refractivity contribution in [1.29, 1.82) is 0 Å². The van der Waals surface area contributed by atoms with E-state index in [1.807, 2.05) is 48.2 Å². The summed E-state index contributed by atoms with van der Waals surface area (Å²) < 4.78 is 0. The molecular weight excluding hydrogens is 555 g/mol. The first kappa shape index (κ1) is 25.4. The van der Waals surface area contributed by atoms with Crippen LogP contribution in [0.5, 0.6) is 0 Å². The van der Waals surface area contributed by atoms with Gasteiger partial charge in [-0.3, -0.25) is 0 Å². The third-order valence-electron chi connectivity index (χ3n) is 9.28. The minimum Gasteiger partial charge on any atom is -0.208 e. The monoisotopic (exact) mass is 581 g/mol. The topological polar surface area (TPSA) is 38.7 Å². The molecule has 208 valence electrons. The first-order chi connectivity index (χ1) is 21.8. The maximum absolute atomic E-state index is 5.14. The molecule has 0 radical (unpaired) electrons. The largest absolute Gasteiger partial charge is 0.208 e. The molecule has 4 heteroatoms. The van der Waals surface area contributed by atoms with E-state index in [9.17, 15) is 0 Å². The number of rotatable bonds is 3. The molecule has 1 aromatic heterocycles. The summed E-state index contributed by atoms with van der Waals surface area (Å²) in [6, 6.07) is 45.1. The average Bonchev–Trinajstić information content (AvgIpc) is 3.40. The van der Waals surface area contributed by atoms with Crippen LogP contribution in [0.4, 0.5) is 0 Å². The van der Waals surface area contributed by atoms with Crippen molar-refractivity contribution in [2.45, 2.75) is 21.1 Å². The molecule has 0 saturated heterocycles. The highest BCUT2D eigenvalue weighted by atomic mass is 32.2. The Bertz CT molecular complexity index is 2060. The van der Waals surface area contributed by atoms with Gasteiger partial charge in [0.2, 0.25) is 0 Å². The van der Waals surface area contributed by atoms with Crippen molar-refractivity contribution >= 4 is 11.8 Å². The van der Waals surface area contributed by atoms with Gasteiger partial charge in [0.05, 0.1) is 5.41 Å². The van der Waals surface area contributed by atoms with Crippen LogP contribution in [0.15, 0.2) is 161 Å². The lowest BCUT2D eigenvalue weighted by Gasteiger charge is -2.43. The Morgan fingerprint density at radius 3 is 1.84 bits per heavy atom. The molecule has 0 fully saturated rings. The second-order valence-corrected chi connectivity index (χ2v) is 12.6. The number of nitrogens with zero attached hydrogens (tertiary/aromatic N) is 3. The molecule has 3 nitrogen and oxygen atoms in total. The highest BCUT2D eigenvalue weighted by molar-refractivity contribution is 7.99. The molecule has 9 rings (SSSR count). The molecule has 1 aliphatic heterocycles. The van der Waals surface area contributed by atoms with Crippen molar-refractivity contribution in [3.63, 3.8) is 0 Å². The summed E-state index contributed by atoms with van der Waals surface area (Å²) in [6.07, 6.45) is 9.25. The van der Waals surface area contributed by atoms with Crippen molar-refractivity contribution < 1.29 is 0 Å². The van der Waals surface area contributed by atoms with Gasteiger partial charge in [0.1, 0.15) is 0 Å². The molecule has 3 aliphatic rings. The van der Waals surface area contributed by atoms with Gasteiger partial charge in [-0.05, 0) is 28.3 Å². The molecular formula is C40H27N3S. The Hall–Kier alpha value is -5.06. The van der Waals surface area contributed by atoms with Crippen LogP contribution in [0.1, 0.15) is 28.2 Å². The van der Waals surface area contributed by atoms with Crippen LogP contribution in [0.2, 0.25) is 0 Å². The highest BCUT2D eigenvalue weighted by Gasteiger charge is 2.56. The van der Waals surface area contributed by atoms with Crippen molar-refractivity contribution in [3.05, 3.63) is 174 Å². The van der Waals surface area contributed by atoms with Crippen LogP contribution in [0, 0.1) is 5.92 Å². The summed E-state index contributed by atoms with van der Waals surface area (Å²) in [4.78, 5) is 17.7. The Labute approximate surface area is 261 Å². The minimum absolute atomic E-state index is 0.263. The van der Waals surface area contributed by atoms with E-state index in [0.717, 1.165) is 16.7 Å². The van der Waals surface area contributed by atoms with Crippen molar-refractivity contribution in [3.8, 4) is 34.2 Å². The Morgan fingerprint density at radius 2 is 1.09 bits per heavy atom. The van der Waals surface area contributed by atoms with Gasteiger partial charge in [0.15, 0.2) is 17.5 Å². The van der Waals surface area contributed by atoms with E-state index in [4.69, 9.17) is 15.0 Å². The van der Waals surface area contributed by atoms with E-state index in [0.29, 0.717) is 23.4 Å². The zero-order chi connectivity index (χ0) is 29.1. The molecule has 2 aliphatic carbocycles. The number of allylic oxidation sites excluding steroid dienone is 4. The van der Waals surface area contributed by atoms with Gasteiger partial charge in [-0.1, -0.05) is 157 Å². The molecule has 44 heavy (non-hydrogen) atoms. The highest BCUT2D eigenvalue weighted by Crippen LogP contribution is 2.65. The third-order valence-corrected chi connectivity index (χ3v) is 10.5. The maximum atomic E-state index is 5.14. The second kappa shape index (κ2) is 10.0. The summed E-state index contributed by atoms with van der Waals surface area (Å²) in [7, 11) is 0. The first-order valence-electron chi connectivity index (χ1n) is 15.0. The molecule has 5 aromatic carbocycles. The fourth-order valence-corrected chi connectivity index (χ4v) is 8.81. The lowest BCUT2D eigenvalue weighted by atomic mass is 9.62. The van der Waals surface area contributed by atoms with E-state index in [1.165, 1.54) is 32.0 Å². The predicted molar refractivity (Wildman–Crippen MR) is 178 cm³/mol. The third kappa shape index (κ3) is 3.68. The predicted octanol–water partition coefficient (Wildman–Crippen LogP) is 9.51. The van der Waals surface area contributed by atoms with Gasteiger partial charge in [-0.2, -0.15) is 0 Å². The summed E-state index contributed by atoms with van der Waals surface area (Å²) in [5.74, 6) is 2.62. The smallest absolute Gasteiger partial charge is 0.165 e. The SMILES string of the molecule is C1=CC2c3ccccc3C3(c4ccccc4Sc4c(-c5nc(-c6ccccc6)nc(-c6ccccc6)n5)cccc43)C2C=C1. The zero-order valence-electron chi connectivity index (χ0n) is 23.8. The van der Waals surface area contributed by atoms with Crippen LogP contribution in [0.25, 0.3) is 34.2 Å². The number of benzene rings is 5. The maximum Gasteiger partial charge on any atom is 0.165 e. The standard InChI is InChI=1S/C40H27N3S/c1-3-14-26(15-4-1)37-41-38(27-16-5-2-6-17-27)43-39(42-37)30-20-13-24-34-36(30)44-35-25-12-11-23-33(35)40(34)31-21-9-7-18-28(31)29-19-8-10-22-32(29)40/h1-25,28,31H. The molecule has 0 bridgehead atoms. The quantitative estimate of drug-likeness (QED) is 0.209. The van der Waals surface area contributed by atoms with Crippen molar-refractivity contribution in [2.75, 3.05) is 0 Å². The molecule has 3 unspecified atom stereocenters. The molecule has 3 atom stereocenters. The van der Waals surface area contributed by atoms with E-state index in [-0.39, 0.29) is 11.3 Å². The number of hydrogen-bond donors (Lipinski definition) is 0. The van der Waals surface area contributed by atoms with Crippen LogP contribution in [-0.4, -0.2) is 15.0 Å². The fraction of sp³-hybridized carbons (Fsp3) is 0.0750. The van der Waals surface area contributed by atoms with Crippen LogP contribution >= 0.6 is 11.8 Å². The van der Waals surface area contributed by atoms with E-state index >= 15 is 0 Å². The van der Waals surface area contributed by atoms with Crippen molar-refractivity contribution in [2.24, 2.45) is 5.92 Å². The van der Waals surface area contributed by atoms with E-state index < -0.39 is 0 Å². The molecule has 0 amide bonds. The van der Waals surface area contributed by atoms with Crippen LogP contribution < -0.4 is 0 Å². The lowest BCUT2D eigenvalue weighted by Crippen LogP contribution is -2.37. The first-order valence-corrected chi connectivity index (χ1v) is 15.9. The Balaban J connectivity index is 1.33. The van der Waals surface area contributed by atoms with Gasteiger partial charge in [-0.25, -0.2) is 15.0 Å². The van der Waals surface area contributed by atoms with Gasteiger partial charge in [-0.15, -0.1) is 0 Å². The lowest BCUT2D eigenvalue weighted by molar-refractivity contribution is 0.442.